The summed E-state index contributed by atoms with van der Waals surface area (Å²) < 4.78 is 0. The maximum Gasteiger partial charge on any atom is 0.0563 e. The highest BCUT2D eigenvalue weighted by molar-refractivity contribution is 7.99. The van der Waals surface area contributed by atoms with Crippen LogP contribution in [-0.4, -0.2) is 6.54 Å². The van der Waals surface area contributed by atoms with Gasteiger partial charge in [-0.05, 0) is 61.0 Å². The van der Waals surface area contributed by atoms with Crippen LogP contribution >= 0.6 is 23.1 Å². The zero-order valence-corrected chi connectivity index (χ0v) is 12.7. The molecule has 0 amide bonds. The molecule has 0 radical (unpaired) electrons. The Kier molecular flexibility index (Phi) is 4.49. The van der Waals surface area contributed by atoms with Crippen molar-refractivity contribution < 1.29 is 0 Å². The summed E-state index contributed by atoms with van der Waals surface area (Å²) in [5.74, 6) is 0. The lowest BCUT2D eigenvalue weighted by molar-refractivity contribution is 0.952. The van der Waals surface area contributed by atoms with Crippen molar-refractivity contribution in [1.82, 2.24) is 0 Å². The molecule has 3 heteroatoms. The van der Waals surface area contributed by atoms with E-state index in [2.05, 4.69) is 50.4 Å². The topological polar surface area (TPSA) is 26.0 Å². The third-order valence-corrected chi connectivity index (χ3v) is 5.69. The monoisotopic (exact) mass is 277 g/mol. The van der Waals surface area contributed by atoms with Crippen molar-refractivity contribution in [2.24, 2.45) is 5.73 Å². The Morgan fingerprint density at radius 3 is 2.44 bits per heavy atom. The molecule has 1 unspecified atom stereocenters. The molecule has 96 valence electrons. The first-order chi connectivity index (χ1) is 8.61. The van der Waals surface area contributed by atoms with Crippen LogP contribution in [0.5, 0.6) is 0 Å². The van der Waals surface area contributed by atoms with E-state index in [1.807, 2.05) is 23.1 Å². The first kappa shape index (κ1) is 13.7. The SMILES string of the molecule is Cc1ccc(SC(CN)c2sccc2C)cc1C. The first-order valence-electron chi connectivity index (χ1n) is 6.09. The molecule has 1 heterocycles. The van der Waals surface area contributed by atoms with Gasteiger partial charge in [-0.15, -0.1) is 23.1 Å². The van der Waals surface area contributed by atoms with Gasteiger partial charge in [-0.2, -0.15) is 0 Å². The molecular formula is C15H19NS2. The van der Waals surface area contributed by atoms with E-state index in [1.54, 1.807) is 0 Å². The predicted molar refractivity (Wildman–Crippen MR) is 82.6 cm³/mol. The number of thioether (sulfide) groups is 1. The van der Waals surface area contributed by atoms with Gasteiger partial charge in [-0.25, -0.2) is 0 Å². The average molecular weight is 277 g/mol. The number of hydrogen-bond donors (Lipinski definition) is 1. The maximum atomic E-state index is 5.93. The van der Waals surface area contributed by atoms with E-state index in [0.717, 1.165) is 0 Å². The predicted octanol–water partition coefficient (Wildman–Crippen LogP) is 4.47. The summed E-state index contributed by atoms with van der Waals surface area (Å²) in [5, 5.41) is 2.51. The second kappa shape index (κ2) is 5.91. The second-order valence-corrected chi connectivity index (χ2v) is 6.78. The number of hydrogen-bond acceptors (Lipinski definition) is 3. The molecule has 0 bridgehead atoms. The molecule has 0 aliphatic heterocycles. The summed E-state index contributed by atoms with van der Waals surface area (Å²) >= 11 is 3.68. The van der Waals surface area contributed by atoms with Crippen LogP contribution < -0.4 is 5.73 Å². The molecule has 2 aromatic rings. The summed E-state index contributed by atoms with van der Waals surface area (Å²) in [6.45, 7) is 7.15. The van der Waals surface area contributed by atoms with E-state index in [0.29, 0.717) is 11.8 Å². The molecule has 1 aromatic carbocycles. The Balaban J connectivity index is 2.20. The van der Waals surface area contributed by atoms with Gasteiger partial charge in [0.05, 0.1) is 5.25 Å². The van der Waals surface area contributed by atoms with E-state index < -0.39 is 0 Å². The van der Waals surface area contributed by atoms with Gasteiger partial charge in [0.25, 0.3) is 0 Å². The Labute approximate surface area is 117 Å². The summed E-state index contributed by atoms with van der Waals surface area (Å²) in [6, 6.07) is 8.81. The van der Waals surface area contributed by atoms with Crippen LogP contribution in [0.4, 0.5) is 0 Å². The van der Waals surface area contributed by atoms with Gasteiger partial charge in [0.2, 0.25) is 0 Å². The fraction of sp³-hybridized carbons (Fsp3) is 0.333. The molecule has 2 rings (SSSR count). The standard InChI is InChI=1S/C15H19NS2/c1-10-4-5-13(8-12(10)3)18-14(9-16)15-11(2)6-7-17-15/h4-8,14H,9,16H2,1-3H3. The van der Waals surface area contributed by atoms with Crippen molar-refractivity contribution in [1.29, 1.82) is 0 Å². The van der Waals surface area contributed by atoms with Gasteiger partial charge in [0.15, 0.2) is 0 Å². The lowest BCUT2D eigenvalue weighted by atomic mass is 10.1. The molecule has 0 aliphatic carbocycles. The number of nitrogens with two attached hydrogens (primary N) is 1. The van der Waals surface area contributed by atoms with Crippen molar-refractivity contribution in [2.45, 2.75) is 30.9 Å². The largest absolute Gasteiger partial charge is 0.329 e. The molecule has 1 nitrogen and oxygen atoms in total. The molecular weight excluding hydrogens is 258 g/mol. The lowest BCUT2D eigenvalue weighted by Crippen LogP contribution is -2.08. The van der Waals surface area contributed by atoms with Crippen molar-refractivity contribution in [3.05, 3.63) is 51.2 Å². The third-order valence-electron chi connectivity index (χ3n) is 3.16. The van der Waals surface area contributed by atoms with Gasteiger partial charge in [0.1, 0.15) is 0 Å². The second-order valence-electron chi connectivity index (χ2n) is 4.56. The Hall–Kier alpha value is -0.770. The van der Waals surface area contributed by atoms with Crippen molar-refractivity contribution in [2.75, 3.05) is 6.54 Å². The average Bonchev–Trinajstić information content (AvgIpc) is 2.77. The fourth-order valence-corrected chi connectivity index (χ4v) is 4.22. The summed E-state index contributed by atoms with van der Waals surface area (Å²) in [6.07, 6.45) is 0. The van der Waals surface area contributed by atoms with Gasteiger partial charge in [-0.3, -0.25) is 0 Å². The fourth-order valence-electron chi connectivity index (χ4n) is 1.87. The minimum absolute atomic E-state index is 0.368. The summed E-state index contributed by atoms with van der Waals surface area (Å²) in [7, 11) is 0. The third kappa shape index (κ3) is 2.97. The molecule has 0 fully saturated rings. The number of benzene rings is 1. The first-order valence-corrected chi connectivity index (χ1v) is 7.85. The Morgan fingerprint density at radius 1 is 1.11 bits per heavy atom. The van der Waals surface area contributed by atoms with Gasteiger partial charge in [0, 0.05) is 16.3 Å². The van der Waals surface area contributed by atoms with E-state index in [4.69, 9.17) is 5.73 Å². The molecule has 2 N–H and O–H groups in total. The van der Waals surface area contributed by atoms with E-state index in [1.165, 1.54) is 26.5 Å². The van der Waals surface area contributed by atoms with Gasteiger partial charge < -0.3 is 5.73 Å². The van der Waals surface area contributed by atoms with E-state index >= 15 is 0 Å². The maximum absolute atomic E-state index is 5.93. The van der Waals surface area contributed by atoms with Crippen LogP contribution in [-0.2, 0) is 0 Å². The highest BCUT2D eigenvalue weighted by atomic mass is 32.2. The van der Waals surface area contributed by atoms with Crippen molar-refractivity contribution >= 4 is 23.1 Å². The minimum Gasteiger partial charge on any atom is -0.329 e. The van der Waals surface area contributed by atoms with Crippen LogP contribution in [0, 0.1) is 20.8 Å². The highest BCUT2D eigenvalue weighted by Crippen LogP contribution is 2.38. The molecule has 1 aromatic heterocycles. The van der Waals surface area contributed by atoms with Crippen LogP contribution in [0.15, 0.2) is 34.5 Å². The number of rotatable bonds is 4. The van der Waals surface area contributed by atoms with E-state index in [-0.39, 0.29) is 0 Å². The van der Waals surface area contributed by atoms with Crippen LogP contribution in [0.1, 0.15) is 26.8 Å². The number of thiophene rings is 1. The highest BCUT2D eigenvalue weighted by Gasteiger charge is 2.15. The quantitative estimate of drug-likeness (QED) is 0.835. The molecule has 0 saturated carbocycles. The zero-order chi connectivity index (χ0) is 13.1. The number of aryl methyl sites for hydroxylation is 3. The molecule has 18 heavy (non-hydrogen) atoms. The Bertz CT molecular complexity index is 531. The molecule has 0 saturated heterocycles. The Morgan fingerprint density at radius 2 is 1.89 bits per heavy atom. The molecule has 1 atom stereocenters. The lowest BCUT2D eigenvalue weighted by Gasteiger charge is -2.15. The molecule has 0 aliphatic rings. The normalized spacial score (nSPS) is 12.7. The van der Waals surface area contributed by atoms with Crippen molar-refractivity contribution in [3.8, 4) is 0 Å². The van der Waals surface area contributed by atoms with Crippen molar-refractivity contribution in [3.63, 3.8) is 0 Å². The van der Waals surface area contributed by atoms with E-state index in [9.17, 15) is 0 Å². The smallest absolute Gasteiger partial charge is 0.0563 e. The minimum atomic E-state index is 0.368. The summed E-state index contributed by atoms with van der Waals surface area (Å²) in [5.41, 5.74) is 9.98. The van der Waals surface area contributed by atoms with Gasteiger partial charge in [-0.1, -0.05) is 6.07 Å². The summed E-state index contributed by atoms with van der Waals surface area (Å²) in [4.78, 5) is 2.71. The zero-order valence-electron chi connectivity index (χ0n) is 11.1. The molecule has 0 spiro atoms. The van der Waals surface area contributed by atoms with Crippen LogP contribution in [0.3, 0.4) is 0 Å². The van der Waals surface area contributed by atoms with Crippen LogP contribution in [0.25, 0.3) is 0 Å². The van der Waals surface area contributed by atoms with Crippen LogP contribution in [0.2, 0.25) is 0 Å². The van der Waals surface area contributed by atoms with Gasteiger partial charge >= 0.3 is 0 Å².